The molecule has 5 nitrogen and oxygen atoms in total. The van der Waals surface area contributed by atoms with Gasteiger partial charge in [-0.1, -0.05) is 18.5 Å². The summed E-state index contributed by atoms with van der Waals surface area (Å²) in [5.74, 6) is 0. The van der Waals surface area contributed by atoms with Crippen molar-refractivity contribution in [3.63, 3.8) is 0 Å². The van der Waals surface area contributed by atoms with Crippen molar-refractivity contribution in [3.05, 3.63) is 33.2 Å². The minimum atomic E-state index is -0.0105. The number of benzene rings is 1. The van der Waals surface area contributed by atoms with Gasteiger partial charge in [-0.2, -0.15) is 0 Å². The van der Waals surface area contributed by atoms with Crippen LogP contribution in [0.1, 0.15) is 63.5 Å². The third-order valence-corrected chi connectivity index (χ3v) is 6.99. The summed E-state index contributed by atoms with van der Waals surface area (Å²) >= 11 is 6.23. The molecular formula is C22H32ClN3O2. The number of nitrogens with one attached hydrogen (secondary N) is 1. The Morgan fingerprint density at radius 2 is 1.82 bits per heavy atom. The van der Waals surface area contributed by atoms with E-state index in [1.807, 2.05) is 23.6 Å². The summed E-state index contributed by atoms with van der Waals surface area (Å²) < 4.78 is 7.90. The Kier molecular flexibility index (Phi) is 6.14. The number of halogens is 1. The fourth-order valence-electron chi connectivity index (χ4n) is 4.98. The molecule has 0 spiro atoms. The molecule has 1 N–H and O–H groups in total. The van der Waals surface area contributed by atoms with Gasteiger partial charge in [0.1, 0.15) is 0 Å². The van der Waals surface area contributed by atoms with Gasteiger partial charge in [0.05, 0.1) is 17.1 Å². The number of aromatic nitrogens is 2. The van der Waals surface area contributed by atoms with Crippen LogP contribution in [0.2, 0.25) is 5.02 Å². The minimum Gasteiger partial charge on any atom is -0.378 e. The van der Waals surface area contributed by atoms with Crippen LogP contribution in [0, 0.1) is 6.92 Å². The standard InChI is InChI=1S/C22H32ClN3O2/c1-3-12-28-18-6-4-16(5-7-18)25-10-8-17(9-11-25)26-21-13-15(2)19(23)14-20(21)24-22(26)27/h13-14,16-18H,3-12H2,1-2H3,(H,24,27)/t16-,18+. The highest BCUT2D eigenvalue weighted by molar-refractivity contribution is 6.32. The minimum absolute atomic E-state index is 0.0105. The number of hydrogen-bond acceptors (Lipinski definition) is 3. The van der Waals surface area contributed by atoms with Crippen molar-refractivity contribution < 1.29 is 4.74 Å². The molecule has 1 saturated heterocycles. The Morgan fingerprint density at radius 3 is 2.50 bits per heavy atom. The van der Waals surface area contributed by atoms with Gasteiger partial charge in [-0.3, -0.25) is 4.57 Å². The van der Waals surface area contributed by atoms with Gasteiger partial charge in [0.15, 0.2) is 0 Å². The summed E-state index contributed by atoms with van der Waals surface area (Å²) in [7, 11) is 0. The maximum atomic E-state index is 12.6. The summed E-state index contributed by atoms with van der Waals surface area (Å²) in [5, 5.41) is 0.703. The lowest BCUT2D eigenvalue weighted by molar-refractivity contribution is 0.00254. The molecule has 28 heavy (non-hydrogen) atoms. The monoisotopic (exact) mass is 405 g/mol. The average molecular weight is 406 g/mol. The topological polar surface area (TPSA) is 50.3 Å². The molecule has 0 bridgehead atoms. The van der Waals surface area contributed by atoms with Crippen molar-refractivity contribution in [1.82, 2.24) is 14.5 Å². The van der Waals surface area contributed by atoms with E-state index in [0.717, 1.165) is 55.6 Å². The zero-order valence-electron chi connectivity index (χ0n) is 17.0. The second-order valence-corrected chi connectivity index (χ2v) is 8.89. The quantitative estimate of drug-likeness (QED) is 0.786. The average Bonchev–Trinajstić information content (AvgIpc) is 3.02. The van der Waals surface area contributed by atoms with Crippen molar-refractivity contribution >= 4 is 22.6 Å². The molecule has 2 fully saturated rings. The molecule has 154 valence electrons. The number of imidazole rings is 1. The van der Waals surface area contributed by atoms with E-state index in [2.05, 4.69) is 16.8 Å². The van der Waals surface area contributed by atoms with Crippen LogP contribution in [0.3, 0.4) is 0 Å². The van der Waals surface area contributed by atoms with Crippen molar-refractivity contribution in [1.29, 1.82) is 0 Å². The van der Waals surface area contributed by atoms with Gasteiger partial charge >= 0.3 is 5.69 Å². The second kappa shape index (κ2) is 8.60. The highest BCUT2D eigenvalue weighted by Crippen LogP contribution is 2.31. The van der Waals surface area contributed by atoms with E-state index in [9.17, 15) is 4.79 Å². The van der Waals surface area contributed by atoms with Gasteiger partial charge in [0, 0.05) is 36.8 Å². The summed E-state index contributed by atoms with van der Waals surface area (Å²) in [5.41, 5.74) is 2.83. The van der Waals surface area contributed by atoms with Gasteiger partial charge in [0.2, 0.25) is 0 Å². The first-order valence-corrected chi connectivity index (χ1v) is 11.2. The zero-order chi connectivity index (χ0) is 19.7. The van der Waals surface area contributed by atoms with E-state index < -0.39 is 0 Å². The highest BCUT2D eigenvalue weighted by Gasteiger charge is 2.30. The summed E-state index contributed by atoms with van der Waals surface area (Å²) in [6.45, 7) is 7.20. The van der Waals surface area contributed by atoms with E-state index in [0.29, 0.717) is 17.2 Å². The van der Waals surface area contributed by atoms with Gasteiger partial charge in [-0.05, 0) is 69.6 Å². The van der Waals surface area contributed by atoms with Crippen LogP contribution in [0.5, 0.6) is 0 Å². The number of ether oxygens (including phenoxy) is 1. The first-order chi connectivity index (χ1) is 13.6. The van der Waals surface area contributed by atoms with E-state index >= 15 is 0 Å². The molecule has 1 aliphatic carbocycles. The molecule has 0 unspecified atom stereocenters. The Morgan fingerprint density at radius 1 is 1.11 bits per heavy atom. The van der Waals surface area contributed by atoms with Crippen LogP contribution in [0.15, 0.2) is 16.9 Å². The molecule has 1 aromatic carbocycles. The lowest BCUT2D eigenvalue weighted by Crippen LogP contribution is -2.45. The van der Waals surface area contributed by atoms with Crippen molar-refractivity contribution in [2.45, 2.75) is 77.0 Å². The Labute approximate surface area is 172 Å². The summed E-state index contributed by atoms with van der Waals surface area (Å²) in [6.07, 6.45) is 8.48. The lowest BCUT2D eigenvalue weighted by atomic mass is 9.90. The third-order valence-electron chi connectivity index (χ3n) is 6.58. The first-order valence-electron chi connectivity index (χ1n) is 10.8. The molecule has 0 amide bonds. The number of rotatable bonds is 5. The van der Waals surface area contributed by atoms with Crippen LogP contribution < -0.4 is 5.69 Å². The van der Waals surface area contributed by atoms with E-state index in [1.54, 1.807) is 0 Å². The van der Waals surface area contributed by atoms with Crippen molar-refractivity contribution in [3.8, 4) is 0 Å². The maximum absolute atomic E-state index is 12.6. The van der Waals surface area contributed by atoms with Gasteiger partial charge in [-0.25, -0.2) is 4.79 Å². The molecule has 1 aliphatic heterocycles. The molecule has 4 rings (SSSR count). The fourth-order valence-corrected chi connectivity index (χ4v) is 5.15. The number of likely N-dealkylation sites (tertiary alicyclic amines) is 1. The first kappa shape index (κ1) is 20.0. The van der Waals surface area contributed by atoms with Crippen molar-refractivity contribution in [2.24, 2.45) is 0 Å². The predicted octanol–water partition coefficient (Wildman–Crippen LogP) is 4.67. The summed E-state index contributed by atoms with van der Waals surface area (Å²) in [6, 6.07) is 4.86. The number of H-pyrrole nitrogens is 1. The van der Waals surface area contributed by atoms with Crippen LogP contribution in [0.4, 0.5) is 0 Å². The number of aromatic amines is 1. The van der Waals surface area contributed by atoms with Crippen LogP contribution in [-0.2, 0) is 4.74 Å². The number of aryl methyl sites for hydroxylation is 1. The Bertz CT molecular complexity index is 859. The Hall–Kier alpha value is -1.30. The lowest BCUT2D eigenvalue weighted by Gasteiger charge is -2.41. The third kappa shape index (κ3) is 4.03. The van der Waals surface area contributed by atoms with E-state index in [4.69, 9.17) is 16.3 Å². The second-order valence-electron chi connectivity index (χ2n) is 8.49. The fraction of sp³-hybridized carbons (Fsp3) is 0.682. The number of nitrogens with zero attached hydrogens (tertiary/aromatic N) is 2. The highest BCUT2D eigenvalue weighted by atomic mass is 35.5. The molecule has 1 aromatic heterocycles. The molecule has 2 aliphatic rings. The van der Waals surface area contributed by atoms with E-state index in [1.165, 1.54) is 25.7 Å². The molecule has 1 saturated carbocycles. The molecule has 2 heterocycles. The van der Waals surface area contributed by atoms with Gasteiger partial charge in [0.25, 0.3) is 0 Å². The SMILES string of the molecule is CCCO[C@H]1CC[C@@H](N2CCC(n3c(=O)[nH]c4cc(Cl)c(C)cc43)CC2)CC1. The zero-order valence-corrected chi connectivity index (χ0v) is 17.8. The molecule has 6 heteroatoms. The van der Waals surface area contributed by atoms with Gasteiger partial charge in [-0.15, -0.1) is 0 Å². The van der Waals surface area contributed by atoms with Crippen LogP contribution in [0.25, 0.3) is 11.0 Å². The largest absolute Gasteiger partial charge is 0.378 e. The van der Waals surface area contributed by atoms with Gasteiger partial charge < -0.3 is 14.6 Å². The number of hydrogen-bond donors (Lipinski definition) is 1. The normalized spacial score (nSPS) is 24.8. The molecule has 0 radical (unpaired) electrons. The van der Waals surface area contributed by atoms with E-state index in [-0.39, 0.29) is 11.7 Å². The smallest absolute Gasteiger partial charge is 0.326 e. The van der Waals surface area contributed by atoms with Crippen LogP contribution >= 0.6 is 11.6 Å². The molecular weight excluding hydrogens is 374 g/mol. The summed E-state index contributed by atoms with van der Waals surface area (Å²) in [4.78, 5) is 18.2. The Balaban J connectivity index is 1.39. The maximum Gasteiger partial charge on any atom is 0.326 e. The number of fused-ring (bicyclic) bond motifs is 1. The van der Waals surface area contributed by atoms with Crippen molar-refractivity contribution in [2.75, 3.05) is 19.7 Å². The molecule has 2 aromatic rings. The predicted molar refractivity (Wildman–Crippen MR) is 114 cm³/mol. The number of piperidine rings is 1. The van der Waals surface area contributed by atoms with Crippen LogP contribution in [-0.4, -0.2) is 46.3 Å². The molecule has 0 atom stereocenters.